The minimum atomic E-state index is -4.41. The molecule has 1 aliphatic heterocycles. The number of nitrogens with zero attached hydrogens (tertiary/aromatic N) is 4. The van der Waals surface area contributed by atoms with Crippen LogP contribution in [0.15, 0.2) is 36.7 Å². The van der Waals surface area contributed by atoms with Crippen molar-refractivity contribution >= 4 is 16.8 Å². The number of aromatic nitrogens is 3. The SMILES string of the molecule is C[C@H]1CN(Cc2ccc3c(-c4cnn(C)c4)cc(C(N)=O)nc3c2)C[C@@H](C(F)(F)F)O1. The monoisotopic (exact) mass is 433 g/mol. The van der Waals surface area contributed by atoms with Crippen LogP contribution in [0.2, 0.25) is 0 Å². The maximum Gasteiger partial charge on any atom is 0.415 e. The van der Waals surface area contributed by atoms with Crippen LogP contribution in [0.25, 0.3) is 22.0 Å². The lowest BCUT2D eigenvalue weighted by Crippen LogP contribution is -2.51. The summed E-state index contributed by atoms with van der Waals surface area (Å²) in [7, 11) is 1.79. The van der Waals surface area contributed by atoms with Gasteiger partial charge in [-0.1, -0.05) is 12.1 Å². The van der Waals surface area contributed by atoms with Gasteiger partial charge in [0.1, 0.15) is 5.69 Å². The standard InChI is InChI=1S/C21H22F3N5O2/c1-12-8-29(11-19(31-12)21(22,23)24)9-13-3-4-15-16(14-7-26-28(2)10-14)6-18(20(25)30)27-17(15)5-13/h3-7,10,12,19H,8-9,11H2,1-2H3,(H2,25,30)/t12-,19-/m0/s1. The molecule has 3 aromatic rings. The lowest BCUT2D eigenvalue weighted by Gasteiger charge is -2.37. The fraction of sp³-hybridized carbons (Fsp3) is 0.381. The largest absolute Gasteiger partial charge is 0.415 e. The molecule has 10 heteroatoms. The number of nitrogens with two attached hydrogens (primary N) is 1. The van der Waals surface area contributed by atoms with Crippen molar-refractivity contribution in [3.8, 4) is 11.1 Å². The topological polar surface area (TPSA) is 86.3 Å². The van der Waals surface area contributed by atoms with Crippen LogP contribution in [-0.4, -0.2) is 57.0 Å². The van der Waals surface area contributed by atoms with Gasteiger partial charge in [0, 0.05) is 43.8 Å². The average Bonchev–Trinajstić information content (AvgIpc) is 3.12. The summed E-state index contributed by atoms with van der Waals surface area (Å²) < 4.78 is 46.2. The lowest BCUT2D eigenvalue weighted by molar-refractivity contribution is -0.252. The first-order valence-corrected chi connectivity index (χ1v) is 9.77. The zero-order valence-electron chi connectivity index (χ0n) is 17.1. The second-order valence-electron chi connectivity index (χ2n) is 7.84. The maximum atomic E-state index is 13.2. The zero-order chi connectivity index (χ0) is 22.3. The molecule has 1 amide bonds. The first-order chi connectivity index (χ1) is 14.6. The number of amides is 1. The van der Waals surface area contributed by atoms with Crippen molar-refractivity contribution in [1.29, 1.82) is 0 Å². The molecule has 0 radical (unpaired) electrons. The van der Waals surface area contributed by atoms with Gasteiger partial charge < -0.3 is 10.5 Å². The number of primary amides is 1. The lowest BCUT2D eigenvalue weighted by atomic mass is 10.0. The van der Waals surface area contributed by atoms with Crippen molar-refractivity contribution in [3.05, 3.63) is 47.9 Å². The number of hydrogen-bond donors (Lipinski definition) is 1. The Bertz CT molecular complexity index is 1130. The van der Waals surface area contributed by atoms with E-state index in [0.29, 0.717) is 18.6 Å². The summed E-state index contributed by atoms with van der Waals surface area (Å²) in [5.41, 5.74) is 8.47. The predicted octanol–water partition coefficient (Wildman–Crippen LogP) is 2.89. The number of carbonyl (C=O) groups excluding carboxylic acids is 1. The summed E-state index contributed by atoms with van der Waals surface area (Å²) in [5.74, 6) is -0.660. The van der Waals surface area contributed by atoms with E-state index < -0.39 is 24.3 Å². The number of halogens is 3. The van der Waals surface area contributed by atoms with Gasteiger partial charge >= 0.3 is 6.18 Å². The van der Waals surface area contributed by atoms with E-state index in [9.17, 15) is 18.0 Å². The third-order valence-corrected chi connectivity index (χ3v) is 5.25. The van der Waals surface area contributed by atoms with E-state index in [4.69, 9.17) is 10.5 Å². The van der Waals surface area contributed by atoms with Crippen molar-refractivity contribution < 1.29 is 22.7 Å². The minimum absolute atomic E-state index is 0.112. The van der Waals surface area contributed by atoms with E-state index in [2.05, 4.69) is 10.1 Å². The predicted molar refractivity (Wildman–Crippen MR) is 108 cm³/mol. The fourth-order valence-corrected chi connectivity index (χ4v) is 3.90. The molecule has 2 N–H and O–H groups in total. The van der Waals surface area contributed by atoms with Crippen molar-refractivity contribution in [3.63, 3.8) is 0 Å². The van der Waals surface area contributed by atoms with Gasteiger partial charge in [-0.2, -0.15) is 18.3 Å². The van der Waals surface area contributed by atoms with Gasteiger partial charge in [0.15, 0.2) is 6.10 Å². The molecule has 1 saturated heterocycles. The second-order valence-corrected chi connectivity index (χ2v) is 7.84. The normalized spacial score (nSPS) is 20.3. The van der Waals surface area contributed by atoms with Crippen molar-refractivity contribution in [2.45, 2.75) is 31.9 Å². The molecule has 1 fully saturated rings. The highest BCUT2D eigenvalue weighted by Gasteiger charge is 2.44. The highest BCUT2D eigenvalue weighted by Crippen LogP contribution is 2.31. The van der Waals surface area contributed by atoms with Crippen LogP contribution in [0.1, 0.15) is 23.0 Å². The van der Waals surface area contributed by atoms with Gasteiger partial charge in [0.05, 0.1) is 17.8 Å². The maximum absolute atomic E-state index is 13.2. The number of pyridine rings is 1. The summed E-state index contributed by atoms with van der Waals surface area (Å²) in [6.07, 6.45) is -3.25. The smallest absolute Gasteiger partial charge is 0.364 e. The van der Waals surface area contributed by atoms with Crippen LogP contribution in [-0.2, 0) is 18.3 Å². The Morgan fingerprint density at radius 1 is 1.29 bits per heavy atom. The summed E-state index contributed by atoms with van der Waals surface area (Å²) in [5, 5.41) is 4.97. The van der Waals surface area contributed by atoms with Crippen LogP contribution >= 0.6 is 0 Å². The molecule has 164 valence electrons. The summed E-state index contributed by atoms with van der Waals surface area (Å²) >= 11 is 0. The van der Waals surface area contributed by atoms with Crippen molar-refractivity contribution in [2.75, 3.05) is 13.1 Å². The van der Waals surface area contributed by atoms with Crippen LogP contribution in [0.4, 0.5) is 13.2 Å². The Kier molecular flexibility index (Phi) is 5.44. The van der Waals surface area contributed by atoms with Gasteiger partial charge in [-0.3, -0.25) is 14.4 Å². The van der Waals surface area contributed by atoms with Gasteiger partial charge in [0.2, 0.25) is 0 Å². The molecular weight excluding hydrogens is 411 g/mol. The van der Waals surface area contributed by atoms with E-state index in [1.165, 1.54) is 0 Å². The second kappa shape index (κ2) is 7.93. The molecule has 0 aliphatic carbocycles. The van der Waals surface area contributed by atoms with Crippen molar-refractivity contribution in [2.24, 2.45) is 12.8 Å². The summed E-state index contributed by atoms with van der Waals surface area (Å²) in [6.45, 7) is 2.09. The summed E-state index contributed by atoms with van der Waals surface area (Å²) in [6, 6.07) is 7.12. The van der Waals surface area contributed by atoms with Gasteiger partial charge in [-0.05, 0) is 30.2 Å². The third-order valence-electron chi connectivity index (χ3n) is 5.25. The molecule has 1 aliphatic rings. The minimum Gasteiger partial charge on any atom is -0.364 e. The van der Waals surface area contributed by atoms with Gasteiger partial charge in [-0.25, -0.2) is 4.98 Å². The number of alkyl halides is 3. The molecule has 3 heterocycles. The Morgan fingerprint density at radius 2 is 2.06 bits per heavy atom. The highest BCUT2D eigenvalue weighted by atomic mass is 19.4. The fourth-order valence-electron chi connectivity index (χ4n) is 3.90. The number of aryl methyl sites for hydroxylation is 1. The Balaban J connectivity index is 1.68. The van der Waals surface area contributed by atoms with Gasteiger partial charge in [-0.15, -0.1) is 0 Å². The number of hydrogen-bond acceptors (Lipinski definition) is 5. The number of rotatable bonds is 4. The Labute approximate surface area is 176 Å². The Hall–Kier alpha value is -2.98. The summed E-state index contributed by atoms with van der Waals surface area (Å²) in [4.78, 5) is 17.9. The molecular formula is C21H22F3N5O2. The number of carbonyl (C=O) groups is 1. The molecule has 4 rings (SSSR count). The van der Waals surface area contributed by atoms with E-state index in [1.54, 1.807) is 41.9 Å². The molecule has 2 atom stereocenters. The average molecular weight is 433 g/mol. The first kappa shape index (κ1) is 21.3. The number of morpholine rings is 1. The molecule has 0 spiro atoms. The molecule has 1 aromatic carbocycles. The first-order valence-electron chi connectivity index (χ1n) is 9.77. The highest BCUT2D eigenvalue weighted by molar-refractivity contribution is 6.00. The number of fused-ring (bicyclic) bond motifs is 1. The van der Waals surface area contributed by atoms with E-state index in [0.717, 1.165) is 22.1 Å². The zero-order valence-corrected chi connectivity index (χ0v) is 17.1. The number of benzene rings is 1. The molecule has 0 unspecified atom stereocenters. The quantitative estimate of drug-likeness (QED) is 0.684. The molecule has 2 aromatic heterocycles. The molecule has 31 heavy (non-hydrogen) atoms. The third kappa shape index (κ3) is 4.54. The van der Waals surface area contributed by atoms with Gasteiger partial charge in [0.25, 0.3) is 5.91 Å². The van der Waals surface area contributed by atoms with E-state index in [-0.39, 0.29) is 12.2 Å². The molecule has 7 nitrogen and oxygen atoms in total. The van der Waals surface area contributed by atoms with Crippen molar-refractivity contribution in [1.82, 2.24) is 19.7 Å². The van der Waals surface area contributed by atoms with Crippen LogP contribution < -0.4 is 5.73 Å². The molecule has 0 bridgehead atoms. The number of ether oxygens (including phenoxy) is 1. The van der Waals surface area contributed by atoms with Crippen LogP contribution in [0, 0.1) is 0 Å². The van der Waals surface area contributed by atoms with Crippen LogP contribution in [0.5, 0.6) is 0 Å². The van der Waals surface area contributed by atoms with E-state index >= 15 is 0 Å². The Morgan fingerprint density at radius 3 is 2.71 bits per heavy atom. The van der Waals surface area contributed by atoms with E-state index in [1.807, 2.05) is 18.3 Å². The van der Waals surface area contributed by atoms with Crippen LogP contribution in [0.3, 0.4) is 0 Å². The molecule has 0 saturated carbocycles.